The van der Waals surface area contributed by atoms with Crippen molar-refractivity contribution in [3.05, 3.63) is 28.8 Å². The van der Waals surface area contributed by atoms with E-state index in [1.807, 2.05) is 13.0 Å². The quantitative estimate of drug-likeness (QED) is 0.815. The van der Waals surface area contributed by atoms with Gasteiger partial charge in [0.15, 0.2) is 0 Å². The largest absolute Gasteiger partial charge is 0.381 e. The normalized spacial score (nSPS) is 11.3. The van der Waals surface area contributed by atoms with E-state index in [1.165, 1.54) is 13.8 Å². The Hall–Kier alpha value is -1.06. The number of hydrogen-bond donors (Lipinski definition) is 2. The minimum absolute atomic E-state index is 0.451. The van der Waals surface area contributed by atoms with Crippen molar-refractivity contribution in [2.45, 2.75) is 26.4 Å². The van der Waals surface area contributed by atoms with Crippen molar-refractivity contribution in [3.63, 3.8) is 0 Å². The van der Waals surface area contributed by atoms with Crippen LogP contribution in [-0.2, 0) is 4.79 Å². The Bertz CT molecular complexity index is 383. The number of aliphatic hydroxyl groups is 1. The second kappa shape index (κ2) is 4.21. The Morgan fingerprint density at radius 1 is 1.47 bits per heavy atom. The molecule has 3 nitrogen and oxygen atoms in total. The zero-order chi connectivity index (χ0) is 11.6. The monoisotopic (exact) mass is 227 g/mol. The van der Waals surface area contributed by atoms with Crippen LogP contribution in [0.25, 0.3) is 0 Å². The van der Waals surface area contributed by atoms with Crippen molar-refractivity contribution in [1.82, 2.24) is 0 Å². The van der Waals surface area contributed by atoms with Gasteiger partial charge in [0.1, 0.15) is 5.60 Å². The summed E-state index contributed by atoms with van der Waals surface area (Å²) in [4.78, 5) is 11.5. The van der Waals surface area contributed by atoms with Crippen LogP contribution < -0.4 is 5.32 Å². The Morgan fingerprint density at radius 3 is 2.60 bits per heavy atom. The molecule has 4 heteroatoms. The van der Waals surface area contributed by atoms with Gasteiger partial charge in [0.25, 0.3) is 5.91 Å². The summed E-state index contributed by atoms with van der Waals surface area (Å²) in [6, 6.07) is 5.21. The van der Waals surface area contributed by atoms with Crippen molar-refractivity contribution in [1.29, 1.82) is 0 Å². The highest BCUT2D eigenvalue weighted by Crippen LogP contribution is 2.21. The number of anilines is 1. The maximum atomic E-state index is 11.5. The van der Waals surface area contributed by atoms with Crippen LogP contribution in [0, 0.1) is 6.92 Å². The molecule has 0 saturated carbocycles. The van der Waals surface area contributed by atoms with E-state index in [9.17, 15) is 9.90 Å². The average Bonchev–Trinajstić information content (AvgIpc) is 2.09. The van der Waals surface area contributed by atoms with Crippen LogP contribution in [-0.4, -0.2) is 16.6 Å². The third-order valence-corrected chi connectivity index (χ3v) is 2.24. The fraction of sp³-hybridized carbons (Fsp3) is 0.364. The first kappa shape index (κ1) is 12.0. The minimum Gasteiger partial charge on any atom is -0.381 e. The van der Waals surface area contributed by atoms with Gasteiger partial charge in [-0.15, -0.1) is 0 Å². The molecule has 0 aliphatic carbocycles. The first-order valence-electron chi connectivity index (χ1n) is 4.60. The van der Waals surface area contributed by atoms with Gasteiger partial charge in [0.05, 0.1) is 0 Å². The lowest BCUT2D eigenvalue weighted by Crippen LogP contribution is -2.36. The predicted molar refractivity (Wildman–Crippen MR) is 61.1 cm³/mol. The first-order chi connectivity index (χ1) is 6.80. The van der Waals surface area contributed by atoms with Crippen molar-refractivity contribution in [2.75, 3.05) is 5.32 Å². The van der Waals surface area contributed by atoms with E-state index < -0.39 is 11.5 Å². The molecule has 0 spiro atoms. The number of carbonyl (C=O) groups excluding carboxylic acids is 1. The van der Waals surface area contributed by atoms with E-state index >= 15 is 0 Å². The number of aryl methyl sites for hydroxylation is 1. The molecular formula is C11H14ClNO2. The fourth-order valence-electron chi connectivity index (χ4n) is 1.00. The molecule has 0 fully saturated rings. The van der Waals surface area contributed by atoms with E-state index in [0.717, 1.165) is 5.56 Å². The van der Waals surface area contributed by atoms with Crippen molar-refractivity contribution in [2.24, 2.45) is 0 Å². The molecule has 0 saturated heterocycles. The standard InChI is InChI=1S/C11H14ClNO2/c1-7-4-5-8(12)6-9(7)13-10(14)11(2,3)15/h4-6,15H,1-3H3,(H,13,14). The maximum absolute atomic E-state index is 11.5. The number of nitrogens with one attached hydrogen (secondary N) is 1. The molecule has 1 aromatic rings. The molecule has 0 atom stereocenters. The molecule has 0 aliphatic rings. The Balaban J connectivity index is 2.90. The van der Waals surface area contributed by atoms with E-state index in [-0.39, 0.29) is 0 Å². The molecule has 0 unspecified atom stereocenters. The maximum Gasteiger partial charge on any atom is 0.255 e. The smallest absolute Gasteiger partial charge is 0.255 e. The van der Waals surface area contributed by atoms with Gasteiger partial charge in [-0.05, 0) is 38.5 Å². The van der Waals surface area contributed by atoms with Gasteiger partial charge in [-0.1, -0.05) is 17.7 Å². The van der Waals surface area contributed by atoms with Crippen molar-refractivity contribution in [3.8, 4) is 0 Å². The number of halogens is 1. The Morgan fingerprint density at radius 2 is 2.07 bits per heavy atom. The van der Waals surface area contributed by atoms with E-state index in [0.29, 0.717) is 10.7 Å². The number of hydrogen-bond acceptors (Lipinski definition) is 2. The molecule has 1 rings (SSSR count). The van der Waals surface area contributed by atoms with Gasteiger partial charge in [0.2, 0.25) is 0 Å². The molecule has 15 heavy (non-hydrogen) atoms. The number of rotatable bonds is 2. The zero-order valence-corrected chi connectivity index (χ0v) is 9.72. The second-order valence-corrected chi connectivity index (χ2v) is 4.41. The Kier molecular flexibility index (Phi) is 3.37. The van der Waals surface area contributed by atoms with Gasteiger partial charge < -0.3 is 10.4 Å². The SMILES string of the molecule is Cc1ccc(Cl)cc1NC(=O)C(C)(C)O. The Labute approximate surface area is 94.1 Å². The van der Waals surface area contributed by atoms with Crippen molar-refractivity contribution < 1.29 is 9.90 Å². The highest BCUT2D eigenvalue weighted by Gasteiger charge is 2.23. The summed E-state index contributed by atoms with van der Waals surface area (Å²) in [5, 5.41) is 12.6. The predicted octanol–water partition coefficient (Wildman–Crippen LogP) is 2.36. The minimum atomic E-state index is -1.39. The molecule has 0 radical (unpaired) electrons. The van der Waals surface area contributed by atoms with Crippen LogP contribution in [0.2, 0.25) is 5.02 Å². The summed E-state index contributed by atoms with van der Waals surface area (Å²) in [5.41, 5.74) is 0.126. The second-order valence-electron chi connectivity index (χ2n) is 3.97. The van der Waals surface area contributed by atoms with Gasteiger partial charge in [0, 0.05) is 10.7 Å². The number of amides is 1. The van der Waals surface area contributed by atoms with Crippen LogP contribution in [0.1, 0.15) is 19.4 Å². The fourth-order valence-corrected chi connectivity index (χ4v) is 1.18. The van der Waals surface area contributed by atoms with E-state index in [2.05, 4.69) is 5.32 Å². The van der Waals surface area contributed by atoms with Crippen LogP contribution in [0.5, 0.6) is 0 Å². The number of carbonyl (C=O) groups is 1. The van der Waals surface area contributed by atoms with Crippen molar-refractivity contribution >= 4 is 23.2 Å². The summed E-state index contributed by atoms with van der Waals surface area (Å²) < 4.78 is 0. The molecule has 1 amide bonds. The van der Waals surface area contributed by atoms with Crippen LogP contribution >= 0.6 is 11.6 Å². The lowest BCUT2D eigenvalue weighted by Gasteiger charge is -2.17. The lowest BCUT2D eigenvalue weighted by molar-refractivity contribution is -0.130. The topological polar surface area (TPSA) is 49.3 Å². The summed E-state index contributed by atoms with van der Waals surface area (Å²) in [6.07, 6.45) is 0. The molecule has 2 N–H and O–H groups in total. The third kappa shape index (κ3) is 3.22. The summed E-state index contributed by atoms with van der Waals surface area (Å²) in [7, 11) is 0. The molecule has 0 aromatic heterocycles. The summed E-state index contributed by atoms with van der Waals surface area (Å²) in [6.45, 7) is 4.72. The van der Waals surface area contributed by atoms with Gasteiger partial charge in [-0.2, -0.15) is 0 Å². The van der Waals surface area contributed by atoms with E-state index in [4.69, 9.17) is 11.6 Å². The lowest BCUT2D eigenvalue weighted by atomic mass is 10.1. The third-order valence-electron chi connectivity index (χ3n) is 2.00. The highest BCUT2D eigenvalue weighted by molar-refractivity contribution is 6.31. The van der Waals surface area contributed by atoms with Gasteiger partial charge >= 0.3 is 0 Å². The molecule has 0 bridgehead atoms. The first-order valence-corrected chi connectivity index (χ1v) is 4.98. The summed E-state index contributed by atoms with van der Waals surface area (Å²) in [5.74, 6) is -0.451. The average molecular weight is 228 g/mol. The molecule has 0 heterocycles. The molecule has 82 valence electrons. The van der Waals surface area contributed by atoms with Crippen LogP contribution in [0.4, 0.5) is 5.69 Å². The highest BCUT2D eigenvalue weighted by atomic mass is 35.5. The van der Waals surface area contributed by atoms with Gasteiger partial charge in [-0.25, -0.2) is 0 Å². The number of benzene rings is 1. The molecule has 0 aliphatic heterocycles. The van der Waals surface area contributed by atoms with Gasteiger partial charge in [-0.3, -0.25) is 4.79 Å². The van der Waals surface area contributed by atoms with Crippen LogP contribution in [0.3, 0.4) is 0 Å². The zero-order valence-electron chi connectivity index (χ0n) is 8.97. The summed E-state index contributed by atoms with van der Waals surface area (Å²) >= 11 is 5.80. The van der Waals surface area contributed by atoms with Crippen LogP contribution in [0.15, 0.2) is 18.2 Å². The molecule has 1 aromatic carbocycles. The van der Waals surface area contributed by atoms with E-state index in [1.54, 1.807) is 12.1 Å². The molecular weight excluding hydrogens is 214 g/mol.